The Bertz CT molecular complexity index is 405. The fourth-order valence-electron chi connectivity index (χ4n) is 1.38. The lowest BCUT2D eigenvalue weighted by Crippen LogP contribution is -2.17. The number of hydrogen-bond acceptors (Lipinski definition) is 5. The molecule has 5 heteroatoms. The first-order chi connectivity index (χ1) is 8.45. The zero-order chi connectivity index (χ0) is 11.8. The van der Waals surface area contributed by atoms with Gasteiger partial charge in [0.1, 0.15) is 5.75 Å². The predicted octanol–water partition coefficient (Wildman–Crippen LogP) is 2.10. The zero-order valence-corrected chi connectivity index (χ0v) is 10.3. The molecule has 1 N–H and O–H groups in total. The largest absolute Gasteiger partial charge is 0.494 e. The van der Waals surface area contributed by atoms with E-state index in [0.717, 1.165) is 37.6 Å². The monoisotopic (exact) mass is 249 g/mol. The summed E-state index contributed by atoms with van der Waals surface area (Å²) in [4.78, 5) is 0. The number of nitrogens with zero attached hydrogens (tertiary/aromatic N) is 2. The van der Waals surface area contributed by atoms with Crippen LogP contribution in [0.3, 0.4) is 0 Å². The molecule has 0 unspecified atom stereocenters. The summed E-state index contributed by atoms with van der Waals surface area (Å²) in [6.07, 6.45) is 0.979. The average Bonchev–Trinajstić information content (AvgIpc) is 2.88. The first-order valence-corrected chi connectivity index (χ1v) is 6.43. The van der Waals surface area contributed by atoms with Gasteiger partial charge in [-0.3, -0.25) is 0 Å². The second-order valence-corrected chi connectivity index (χ2v) is 4.20. The van der Waals surface area contributed by atoms with E-state index in [1.165, 1.54) is 11.5 Å². The van der Waals surface area contributed by atoms with E-state index in [9.17, 15) is 0 Å². The van der Waals surface area contributed by atoms with Gasteiger partial charge in [-0.05, 0) is 36.6 Å². The van der Waals surface area contributed by atoms with Crippen LogP contribution in [0, 0.1) is 0 Å². The molecular weight excluding hydrogens is 234 g/mol. The first-order valence-electron chi connectivity index (χ1n) is 5.59. The Morgan fingerprint density at radius 2 is 2.12 bits per heavy atom. The highest BCUT2D eigenvalue weighted by molar-refractivity contribution is 7.03. The van der Waals surface area contributed by atoms with E-state index in [-0.39, 0.29) is 0 Å². The third-order valence-electron chi connectivity index (χ3n) is 2.22. The van der Waals surface area contributed by atoms with Crippen molar-refractivity contribution in [1.82, 2.24) is 14.9 Å². The van der Waals surface area contributed by atoms with Crippen LogP contribution in [-0.4, -0.2) is 22.7 Å². The van der Waals surface area contributed by atoms with E-state index in [2.05, 4.69) is 14.9 Å². The van der Waals surface area contributed by atoms with Crippen LogP contribution < -0.4 is 10.1 Å². The standard InChI is InChI=1S/C12H15N3OS/c1-2-5-12(6-3-1)16-8-4-7-13-9-11-10-17-15-14-11/h1-3,5-6,10,13H,4,7-9H2. The Hall–Kier alpha value is -1.46. The quantitative estimate of drug-likeness (QED) is 0.763. The molecule has 1 aromatic heterocycles. The molecule has 2 aromatic rings. The summed E-state index contributed by atoms with van der Waals surface area (Å²) in [6, 6.07) is 9.87. The number of ether oxygens (including phenoxy) is 1. The van der Waals surface area contributed by atoms with Crippen molar-refractivity contribution in [2.45, 2.75) is 13.0 Å². The first kappa shape index (κ1) is 12.0. The SMILES string of the molecule is c1ccc(OCCCNCc2csnn2)cc1. The molecule has 2 rings (SSSR count). The lowest BCUT2D eigenvalue weighted by atomic mass is 10.3. The summed E-state index contributed by atoms with van der Waals surface area (Å²) in [7, 11) is 0. The van der Waals surface area contributed by atoms with E-state index in [1.807, 2.05) is 35.7 Å². The van der Waals surface area contributed by atoms with Crippen LogP contribution in [-0.2, 0) is 6.54 Å². The molecule has 0 aliphatic heterocycles. The van der Waals surface area contributed by atoms with Crippen molar-refractivity contribution in [3.8, 4) is 5.75 Å². The Kier molecular flexibility index (Phi) is 4.93. The van der Waals surface area contributed by atoms with Gasteiger partial charge < -0.3 is 10.1 Å². The maximum atomic E-state index is 5.58. The zero-order valence-electron chi connectivity index (χ0n) is 9.50. The summed E-state index contributed by atoms with van der Waals surface area (Å²) in [5, 5.41) is 9.21. The average molecular weight is 249 g/mol. The van der Waals surface area contributed by atoms with Gasteiger partial charge in [0, 0.05) is 11.9 Å². The second kappa shape index (κ2) is 6.98. The Balaban J connectivity index is 1.52. The van der Waals surface area contributed by atoms with Gasteiger partial charge in [0.15, 0.2) is 0 Å². The van der Waals surface area contributed by atoms with Crippen molar-refractivity contribution in [3.63, 3.8) is 0 Å². The van der Waals surface area contributed by atoms with Crippen LogP contribution in [0.2, 0.25) is 0 Å². The third kappa shape index (κ3) is 4.50. The number of hydrogen-bond donors (Lipinski definition) is 1. The van der Waals surface area contributed by atoms with Crippen LogP contribution in [0.1, 0.15) is 12.1 Å². The summed E-state index contributed by atoms with van der Waals surface area (Å²) < 4.78 is 9.38. The predicted molar refractivity (Wildman–Crippen MR) is 68.2 cm³/mol. The maximum Gasteiger partial charge on any atom is 0.119 e. The van der Waals surface area contributed by atoms with Crippen molar-refractivity contribution in [2.75, 3.05) is 13.2 Å². The van der Waals surface area contributed by atoms with Crippen LogP contribution in [0.15, 0.2) is 35.7 Å². The van der Waals surface area contributed by atoms with Crippen molar-refractivity contribution in [3.05, 3.63) is 41.4 Å². The van der Waals surface area contributed by atoms with Gasteiger partial charge in [0.2, 0.25) is 0 Å². The minimum atomic E-state index is 0.729. The Morgan fingerprint density at radius 3 is 2.88 bits per heavy atom. The number of aromatic nitrogens is 2. The molecule has 0 saturated carbocycles. The second-order valence-electron chi connectivity index (χ2n) is 3.59. The molecule has 4 nitrogen and oxygen atoms in total. The maximum absolute atomic E-state index is 5.58. The van der Waals surface area contributed by atoms with E-state index >= 15 is 0 Å². The molecule has 1 heterocycles. The van der Waals surface area contributed by atoms with E-state index < -0.39 is 0 Å². The van der Waals surface area contributed by atoms with E-state index in [0.29, 0.717) is 0 Å². The number of rotatable bonds is 7. The molecule has 0 spiro atoms. The van der Waals surface area contributed by atoms with Gasteiger partial charge in [-0.15, -0.1) is 5.10 Å². The summed E-state index contributed by atoms with van der Waals surface area (Å²) in [5.74, 6) is 0.927. The number of benzene rings is 1. The minimum absolute atomic E-state index is 0.729. The minimum Gasteiger partial charge on any atom is -0.494 e. The number of nitrogens with one attached hydrogen (secondary N) is 1. The van der Waals surface area contributed by atoms with Crippen LogP contribution in [0.4, 0.5) is 0 Å². The smallest absolute Gasteiger partial charge is 0.119 e. The lowest BCUT2D eigenvalue weighted by molar-refractivity contribution is 0.308. The molecule has 0 amide bonds. The fourth-order valence-corrected chi connectivity index (χ4v) is 1.83. The normalized spacial score (nSPS) is 10.4. The summed E-state index contributed by atoms with van der Waals surface area (Å²) in [6.45, 7) is 2.43. The highest BCUT2D eigenvalue weighted by atomic mass is 32.1. The molecule has 0 aliphatic rings. The Morgan fingerprint density at radius 1 is 1.24 bits per heavy atom. The number of para-hydroxylation sites is 1. The van der Waals surface area contributed by atoms with Crippen LogP contribution >= 0.6 is 11.5 Å². The summed E-state index contributed by atoms with van der Waals surface area (Å²) in [5.41, 5.74) is 0.999. The molecular formula is C12H15N3OS. The van der Waals surface area contributed by atoms with Crippen molar-refractivity contribution in [1.29, 1.82) is 0 Å². The van der Waals surface area contributed by atoms with Crippen molar-refractivity contribution >= 4 is 11.5 Å². The van der Waals surface area contributed by atoms with Gasteiger partial charge in [0.25, 0.3) is 0 Å². The van der Waals surface area contributed by atoms with E-state index in [1.54, 1.807) is 0 Å². The highest BCUT2D eigenvalue weighted by Gasteiger charge is 1.95. The topological polar surface area (TPSA) is 47.0 Å². The van der Waals surface area contributed by atoms with Gasteiger partial charge in [0.05, 0.1) is 12.3 Å². The van der Waals surface area contributed by atoms with Crippen LogP contribution in [0.25, 0.3) is 0 Å². The highest BCUT2D eigenvalue weighted by Crippen LogP contribution is 2.08. The molecule has 0 atom stereocenters. The summed E-state index contributed by atoms with van der Waals surface area (Å²) >= 11 is 1.38. The van der Waals surface area contributed by atoms with E-state index in [4.69, 9.17) is 4.74 Å². The Labute approximate surface area is 105 Å². The molecule has 1 aromatic carbocycles. The van der Waals surface area contributed by atoms with Gasteiger partial charge >= 0.3 is 0 Å². The molecule has 0 radical (unpaired) electrons. The third-order valence-corrected chi connectivity index (χ3v) is 2.77. The lowest BCUT2D eigenvalue weighted by Gasteiger charge is -2.06. The fraction of sp³-hybridized carbons (Fsp3) is 0.333. The molecule has 90 valence electrons. The molecule has 0 bridgehead atoms. The van der Waals surface area contributed by atoms with Crippen molar-refractivity contribution < 1.29 is 4.74 Å². The molecule has 17 heavy (non-hydrogen) atoms. The van der Waals surface area contributed by atoms with Crippen LogP contribution in [0.5, 0.6) is 5.75 Å². The molecule has 0 fully saturated rings. The van der Waals surface area contributed by atoms with Gasteiger partial charge in [-0.1, -0.05) is 22.7 Å². The molecule has 0 saturated heterocycles. The van der Waals surface area contributed by atoms with Crippen molar-refractivity contribution in [2.24, 2.45) is 0 Å². The molecule has 0 aliphatic carbocycles. The van der Waals surface area contributed by atoms with Gasteiger partial charge in [-0.25, -0.2) is 0 Å². The van der Waals surface area contributed by atoms with Gasteiger partial charge in [-0.2, -0.15) is 0 Å².